The predicted molar refractivity (Wildman–Crippen MR) is 69.5 cm³/mol. The number of carbonyl (C=O) groups excluding carboxylic acids is 1. The number of benzene rings is 1. The van der Waals surface area contributed by atoms with Gasteiger partial charge in [-0.2, -0.15) is 0 Å². The van der Waals surface area contributed by atoms with Crippen molar-refractivity contribution < 1.29 is 4.79 Å². The van der Waals surface area contributed by atoms with E-state index in [0.29, 0.717) is 16.6 Å². The Bertz CT molecular complexity index is 416. The summed E-state index contributed by atoms with van der Waals surface area (Å²) in [6, 6.07) is 5.45. The fourth-order valence-corrected chi connectivity index (χ4v) is 2.15. The van der Waals surface area contributed by atoms with Crippen LogP contribution in [0.3, 0.4) is 0 Å². The number of anilines is 1. The average molecular weight is 254 g/mol. The Morgan fingerprint density at radius 2 is 2.12 bits per heavy atom. The minimum atomic E-state index is -0.435. The number of amides is 1. The zero-order chi connectivity index (χ0) is 12.3. The van der Waals surface area contributed by atoms with Gasteiger partial charge in [0.2, 0.25) is 5.91 Å². The van der Waals surface area contributed by atoms with E-state index in [4.69, 9.17) is 17.3 Å². The van der Waals surface area contributed by atoms with E-state index < -0.39 is 5.91 Å². The highest BCUT2D eigenvalue weighted by atomic mass is 35.5. The minimum Gasteiger partial charge on any atom is -0.381 e. The topological polar surface area (TPSA) is 67.2 Å². The number of hydrogen-bond acceptors (Lipinski definition) is 3. The van der Waals surface area contributed by atoms with Crippen molar-refractivity contribution in [3.63, 3.8) is 0 Å². The molecule has 1 heterocycles. The first-order chi connectivity index (χ1) is 8.16. The number of halogens is 1. The van der Waals surface area contributed by atoms with Crippen LogP contribution in [0.25, 0.3) is 0 Å². The summed E-state index contributed by atoms with van der Waals surface area (Å²) in [4.78, 5) is 11.1. The molecule has 1 aliphatic rings. The molecule has 0 bridgehead atoms. The van der Waals surface area contributed by atoms with Gasteiger partial charge in [0.1, 0.15) is 0 Å². The lowest BCUT2D eigenvalue weighted by molar-refractivity contribution is 0.100. The third-order valence-electron chi connectivity index (χ3n) is 2.95. The number of piperidine rings is 1. The van der Waals surface area contributed by atoms with Crippen LogP contribution in [0.1, 0.15) is 23.2 Å². The van der Waals surface area contributed by atoms with Crippen LogP contribution in [-0.4, -0.2) is 25.0 Å². The SMILES string of the molecule is NC(=O)c1ccc(Cl)c(NC2CCNCC2)c1. The highest BCUT2D eigenvalue weighted by Crippen LogP contribution is 2.25. The molecule has 0 unspecified atom stereocenters. The Balaban J connectivity index is 2.13. The number of rotatable bonds is 3. The molecule has 2 rings (SSSR count). The summed E-state index contributed by atoms with van der Waals surface area (Å²) in [5.74, 6) is -0.435. The second kappa shape index (κ2) is 5.38. The smallest absolute Gasteiger partial charge is 0.248 e. The van der Waals surface area contributed by atoms with Crippen molar-refractivity contribution in [2.75, 3.05) is 18.4 Å². The van der Waals surface area contributed by atoms with Crippen LogP contribution in [0, 0.1) is 0 Å². The zero-order valence-electron chi connectivity index (χ0n) is 9.50. The standard InChI is InChI=1S/C12H16ClN3O/c13-10-2-1-8(12(14)17)7-11(10)16-9-3-5-15-6-4-9/h1-2,7,9,15-16H,3-6H2,(H2,14,17). The molecule has 1 saturated heterocycles. The van der Waals surface area contributed by atoms with E-state index in [1.165, 1.54) is 0 Å². The number of carbonyl (C=O) groups is 1. The maximum atomic E-state index is 11.1. The molecular weight excluding hydrogens is 238 g/mol. The summed E-state index contributed by atoms with van der Waals surface area (Å²) < 4.78 is 0. The maximum Gasteiger partial charge on any atom is 0.248 e. The predicted octanol–water partition coefficient (Wildman–Crippen LogP) is 1.60. The summed E-state index contributed by atoms with van der Waals surface area (Å²) in [5.41, 5.74) is 6.51. The maximum absolute atomic E-state index is 11.1. The van der Waals surface area contributed by atoms with Crippen LogP contribution in [0.5, 0.6) is 0 Å². The fraction of sp³-hybridized carbons (Fsp3) is 0.417. The molecule has 0 saturated carbocycles. The highest BCUT2D eigenvalue weighted by molar-refractivity contribution is 6.33. The van der Waals surface area contributed by atoms with Crippen LogP contribution in [0.4, 0.5) is 5.69 Å². The quantitative estimate of drug-likeness (QED) is 0.767. The van der Waals surface area contributed by atoms with Gasteiger partial charge in [-0.05, 0) is 44.1 Å². The van der Waals surface area contributed by atoms with Crippen LogP contribution in [-0.2, 0) is 0 Å². The molecule has 1 amide bonds. The summed E-state index contributed by atoms with van der Waals surface area (Å²) in [6.45, 7) is 2.01. The molecule has 1 aliphatic heterocycles. The van der Waals surface area contributed by atoms with Crippen molar-refractivity contribution in [1.82, 2.24) is 5.32 Å². The third kappa shape index (κ3) is 3.11. The fourth-order valence-electron chi connectivity index (χ4n) is 1.98. The van der Waals surface area contributed by atoms with E-state index in [9.17, 15) is 4.79 Å². The van der Waals surface area contributed by atoms with Gasteiger partial charge >= 0.3 is 0 Å². The first-order valence-electron chi connectivity index (χ1n) is 5.73. The molecule has 4 nitrogen and oxygen atoms in total. The molecular formula is C12H16ClN3O. The molecule has 0 aliphatic carbocycles. The second-order valence-corrected chi connectivity index (χ2v) is 4.63. The third-order valence-corrected chi connectivity index (χ3v) is 3.28. The zero-order valence-corrected chi connectivity index (χ0v) is 10.3. The summed E-state index contributed by atoms with van der Waals surface area (Å²) in [5, 5.41) is 7.28. The Morgan fingerprint density at radius 1 is 1.41 bits per heavy atom. The Kier molecular flexibility index (Phi) is 3.86. The van der Waals surface area contributed by atoms with Crippen molar-refractivity contribution in [1.29, 1.82) is 0 Å². The van der Waals surface area contributed by atoms with Gasteiger partial charge in [-0.3, -0.25) is 4.79 Å². The molecule has 0 radical (unpaired) electrons. The molecule has 1 aromatic rings. The van der Waals surface area contributed by atoms with Crippen molar-refractivity contribution in [3.05, 3.63) is 28.8 Å². The van der Waals surface area contributed by atoms with E-state index in [-0.39, 0.29) is 0 Å². The second-order valence-electron chi connectivity index (χ2n) is 4.23. The van der Waals surface area contributed by atoms with Gasteiger partial charge in [0.15, 0.2) is 0 Å². The van der Waals surface area contributed by atoms with Crippen molar-refractivity contribution in [3.8, 4) is 0 Å². The van der Waals surface area contributed by atoms with Crippen LogP contribution < -0.4 is 16.4 Å². The van der Waals surface area contributed by atoms with E-state index in [2.05, 4.69) is 10.6 Å². The molecule has 0 atom stereocenters. The molecule has 0 spiro atoms. The van der Waals surface area contributed by atoms with Crippen molar-refractivity contribution >= 4 is 23.2 Å². The first-order valence-corrected chi connectivity index (χ1v) is 6.11. The van der Waals surface area contributed by atoms with Gasteiger partial charge in [-0.1, -0.05) is 11.6 Å². The molecule has 17 heavy (non-hydrogen) atoms. The van der Waals surface area contributed by atoms with Gasteiger partial charge in [-0.15, -0.1) is 0 Å². The average Bonchev–Trinajstić information content (AvgIpc) is 2.33. The van der Waals surface area contributed by atoms with E-state index in [1.54, 1.807) is 18.2 Å². The van der Waals surface area contributed by atoms with E-state index >= 15 is 0 Å². The van der Waals surface area contributed by atoms with Gasteiger partial charge in [0.05, 0.1) is 10.7 Å². The van der Waals surface area contributed by atoms with Crippen LogP contribution >= 0.6 is 11.6 Å². The lowest BCUT2D eigenvalue weighted by Gasteiger charge is -2.25. The number of primary amides is 1. The van der Waals surface area contributed by atoms with Gasteiger partial charge in [-0.25, -0.2) is 0 Å². The highest BCUT2D eigenvalue weighted by Gasteiger charge is 2.14. The van der Waals surface area contributed by atoms with Crippen molar-refractivity contribution in [2.45, 2.75) is 18.9 Å². The number of nitrogens with one attached hydrogen (secondary N) is 2. The van der Waals surface area contributed by atoms with Crippen molar-refractivity contribution in [2.24, 2.45) is 5.73 Å². The Labute approximate surface area is 106 Å². The Hall–Kier alpha value is -1.26. The lowest BCUT2D eigenvalue weighted by atomic mass is 10.1. The molecule has 5 heteroatoms. The monoisotopic (exact) mass is 253 g/mol. The van der Waals surface area contributed by atoms with E-state index in [1.807, 2.05) is 0 Å². The number of hydrogen-bond donors (Lipinski definition) is 3. The minimum absolute atomic E-state index is 0.400. The molecule has 92 valence electrons. The molecule has 4 N–H and O–H groups in total. The lowest BCUT2D eigenvalue weighted by Crippen LogP contribution is -2.35. The summed E-state index contributed by atoms with van der Waals surface area (Å²) in [6.07, 6.45) is 2.11. The van der Waals surface area contributed by atoms with Gasteiger partial charge in [0, 0.05) is 11.6 Å². The van der Waals surface area contributed by atoms with Gasteiger partial charge < -0.3 is 16.4 Å². The summed E-state index contributed by atoms with van der Waals surface area (Å²) >= 11 is 6.09. The molecule has 1 fully saturated rings. The van der Waals surface area contributed by atoms with Crippen LogP contribution in [0.15, 0.2) is 18.2 Å². The van der Waals surface area contributed by atoms with Crippen LogP contribution in [0.2, 0.25) is 5.02 Å². The normalized spacial score (nSPS) is 16.8. The molecule has 0 aromatic heterocycles. The molecule has 1 aromatic carbocycles. The Morgan fingerprint density at radius 3 is 2.76 bits per heavy atom. The van der Waals surface area contributed by atoms with E-state index in [0.717, 1.165) is 31.6 Å². The van der Waals surface area contributed by atoms with Gasteiger partial charge in [0.25, 0.3) is 0 Å². The number of nitrogens with two attached hydrogens (primary N) is 1. The largest absolute Gasteiger partial charge is 0.381 e. The summed E-state index contributed by atoms with van der Waals surface area (Å²) in [7, 11) is 0. The first kappa shape index (κ1) is 12.2.